The zero-order chi connectivity index (χ0) is 16.2. The first-order chi connectivity index (χ1) is 11.1. The third-order valence-electron chi connectivity index (χ3n) is 3.30. The van der Waals surface area contributed by atoms with Crippen molar-refractivity contribution in [1.82, 2.24) is 10.1 Å². The molecule has 0 fully saturated rings. The molecule has 0 aliphatic carbocycles. The molecule has 1 heterocycles. The van der Waals surface area contributed by atoms with Crippen molar-refractivity contribution in [2.24, 2.45) is 0 Å². The molecular weight excluding hydrogens is 332 g/mol. The Labute approximate surface area is 142 Å². The van der Waals surface area contributed by atoms with Crippen molar-refractivity contribution in [2.45, 2.75) is 18.4 Å². The van der Waals surface area contributed by atoms with Crippen LogP contribution in [0.25, 0.3) is 11.4 Å². The van der Waals surface area contributed by atoms with E-state index in [1.807, 2.05) is 49.4 Å². The summed E-state index contributed by atoms with van der Waals surface area (Å²) in [5.74, 6) is 1.46. The highest BCUT2D eigenvalue weighted by Gasteiger charge is 2.13. The van der Waals surface area contributed by atoms with Gasteiger partial charge in [-0.25, -0.2) is 0 Å². The fraction of sp³-hybridized carbons (Fsp3) is 0.176. The summed E-state index contributed by atoms with van der Waals surface area (Å²) in [7, 11) is -1.16. The van der Waals surface area contributed by atoms with Gasteiger partial charge in [0.1, 0.15) is 5.75 Å². The average Bonchev–Trinajstić information content (AvgIpc) is 2.98. The molecule has 0 amide bonds. The molecule has 1 aromatic heterocycles. The first kappa shape index (κ1) is 15.9. The SMILES string of the molecule is Cc1cccc(-c2noc(C[S@@](=O)Cc3ccccc3Cl)n2)c1. The predicted octanol–water partition coefficient (Wildman–Crippen LogP) is 4.15. The molecule has 1 atom stereocenters. The Balaban J connectivity index is 1.69. The lowest BCUT2D eigenvalue weighted by atomic mass is 10.1. The summed E-state index contributed by atoms with van der Waals surface area (Å²) in [5.41, 5.74) is 2.86. The number of aryl methyl sites for hydroxylation is 1. The van der Waals surface area contributed by atoms with Crippen LogP contribution in [-0.2, 0) is 22.3 Å². The van der Waals surface area contributed by atoms with Gasteiger partial charge in [0.05, 0.1) is 5.75 Å². The van der Waals surface area contributed by atoms with Crippen LogP contribution in [0.3, 0.4) is 0 Å². The molecule has 118 valence electrons. The summed E-state index contributed by atoms with van der Waals surface area (Å²) in [6.07, 6.45) is 0. The van der Waals surface area contributed by atoms with Crippen molar-refractivity contribution >= 4 is 22.4 Å². The first-order valence-electron chi connectivity index (χ1n) is 7.10. The number of aromatic nitrogens is 2. The molecule has 2 aromatic carbocycles. The molecule has 4 nitrogen and oxygen atoms in total. The van der Waals surface area contributed by atoms with Gasteiger partial charge in [-0.15, -0.1) is 0 Å². The van der Waals surface area contributed by atoms with Crippen molar-refractivity contribution < 1.29 is 8.73 Å². The Bertz CT molecular complexity index is 848. The number of nitrogens with zero attached hydrogens (tertiary/aromatic N) is 2. The molecule has 0 aliphatic heterocycles. The monoisotopic (exact) mass is 346 g/mol. The Kier molecular flexibility index (Phi) is 4.88. The van der Waals surface area contributed by atoms with Gasteiger partial charge >= 0.3 is 0 Å². The Morgan fingerprint density at radius 3 is 2.74 bits per heavy atom. The van der Waals surface area contributed by atoms with Crippen molar-refractivity contribution in [1.29, 1.82) is 0 Å². The third kappa shape index (κ3) is 4.06. The van der Waals surface area contributed by atoms with Gasteiger partial charge in [0, 0.05) is 21.4 Å². The van der Waals surface area contributed by atoms with Crippen LogP contribution < -0.4 is 0 Å². The van der Waals surface area contributed by atoms with E-state index in [0.29, 0.717) is 22.5 Å². The summed E-state index contributed by atoms with van der Waals surface area (Å²) in [4.78, 5) is 4.32. The molecule has 0 N–H and O–H groups in total. The van der Waals surface area contributed by atoms with E-state index in [9.17, 15) is 4.21 Å². The van der Waals surface area contributed by atoms with Gasteiger partial charge in [0.2, 0.25) is 11.7 Å². The summed E-state index contributed by atoms with van der Waals surface area (Å²) in [6, 6.07) is 15.2. The van der Waals surface area contributed by atoms with Gasteiger partial charge in [-0.2, -0.15) is 4.98 Å². The van der Waals surface area contributed by atoms with Gasteiger partial charge in [-0.1, -0.05) is 58.7 Å². The van der Waals surface area contributed by atoms with Crippen LogP contribution in [0.2, 0.25) is 5.02 Å². The maximum atomic E-state index is 12.3. The lowest BCUT2D eigenvalue weighted by Crippen LogP contribution is -2.00. The number of hydrogen-bond acceptors (Lipinski definition) is 4. The number of rotatable bonds is 5. The van der Waals surface area contributed by atoms with Gasteiger partial charge in [0.15, 0.2) is 0 Å². The third-order valence-corrected chi connectivity index (χ3v) is 4.87. The minimum absolute atomic E-state index is 0.212. The van der Waals surface area contributed by atoms with Crippen molar-refractivity contribution in [3.8, 4) is 11.4 Å². The van der Waals surface area contributed by atoms with Gasteiger partial charge in [-0.05, 0) is 24.6 Å². The minimum Gasteiger partial charge on any atom is -0.338 e. The summed E-state index contributed by atoms with van der Waals surface area (Å²) < 4.78 is 17.5. The summed E-state index contributed by atoms with van der Waals surface area (Å²) in [5, 5.41) is 4.58. The van der Waals surface area contributed by atoms with Crippen LogP contribution in [0.5, 0.6) is 0 Å². The molecule has 3 aromatic rings. The zero-order valence-electron chi connectivity index (χ0n) is 12.5. The quantitative estimate of drug-likeness (QED) is 0.696. The van der Waals surface area contributed by atoms with Crippen molar-refractivity contribution in [2.75, 3.05) is 0 Å². The molecule has 0 unspecified atom stereocenters. The van der Waals surface area contributed by atoms with Gasteiger partial charge < -0.3 is 4.52 Å². The fourth-order valence-corrected chi connectivity index (χ4v) is 3.57. The number of benzene rings is 2. The van der Waals surface area contributed by atoms with E-state index < -0.39 is 10.8 Å². The highest BCUT2D eigenvalue weighted by Crippen LogP contribution is 2.20. The largest absolute Gasteiger partial charge is 0.338 e. The van der Waals surface area contributed by atoms with Gasteiger partial charge in [0.25, 0.3) is 0 Å². The molecule has 0 saturated carbocycles. The van der Waals surface area contributed by atoms with E-state index in [2.05, 4.69) is 10.1 Å². The second kappa shape index (κ2) is 7.06. The summed E-state index contributed by atoms with van der Waals surface area (Å²) in [6.45, 7) is 2.00. The van der Waals surface area contributed by atoms with Crippen molar-refractivity contribution in [3.63, 3.8) is 0 Å². The Morgan fingerprint density at radius 1 is 1.13 bits per heavy atom. The second-order valence-corrected chi connectivity index (χ2v) is 7.07. The molecule has 0 radical (unpaired) electrons. The van der Waals surface area contributed by atoms with E-state index in [0.717, 1.165) is 16.7 Å². The van der Waals surface area contributed by atoms with E-state index in [1.54, 1.807) is 6.07 Å². The smallest absolute Gasteiger partial charge is 0.239 e. The van der Waals surface area contributed by atoms with Crippen LogP contribution in [-0.4, -0.2) is 14.3 Å². The standard InChI is InChI=1S/C17H15ClN2O2S/c1-12-5-4-7-13(9-12)17-19-16(22-20-17)11-23(21)10-14-6-2-3-8-15(14)18/h2-9H,10-11H2,1H3/t23-/m0/s1. The molecular formula is C17H15ClN2O2S. The van der Waals surface area contributed by atoms with E-state index >= 15 is 0 Å². The second-order valence-electron chi connectivity index (χ2n) is 5.20. The minimum atomic E-state index is -1.16. The highest BCUT2D eigenvalue weighted by molar-refractivity contribution is 7.83. The van der Waals surface area contributed by atoms with Crippen LogP contribution in [0, 0.1) is 6.92 Å². The normalized spacial score (nSPS) is 12.3. The zero-order valence-corrected chi connectivity index (χ0v) is 14.1. The van der Waals surface area contributed by atoms with Crippen LogP contribution in [0.15, 0.2) is 53.1 Å². The lowest BCUT2D eigenvalue weighted by molar-refractivity contribution is 0.390. The average molecular weight is 347 g/mol. The lowest BCUT2D eigenvalue weighted by Gasteiger charge is -2.02. The van der Waals surface area contributed by atoms with E-state index in [1.165, 1.54) is 0 Å². The van der Waals surface area contributed by atoms with E-state index in [4.69, 9.17) is 16.1 Å². The highest BCUT2D eigenvalue weighted by atomic mass is 35.5. The molecule has 0 saturated heterocycles. The predicted molar refractivity (Wildman–Crippen MR) is 91.5 cm³/mol. The molecule has 6 heteroatoms. The maximum Gasteiger partial charge on any atom is 0.239 e. The van der Waals surface area contributed by atoms with Crippen LogP contribution in [0.1, 0.15) is 17.0 Å². The molecule has 0 bridgehead atoms. The molecule has 23 heavy (non-hydrogen) atoms. The van der Waals surface area contributed by atoms with E-state index in [-0.39, 0.29) is 5.75 Å². The molecule has 0 aliphatic rings. The maximum absolute atomic E-state index is 12.3. The summed E-state index contributed by atoms with van der Waals surface area (Å²) >= 11 is 6.08. The topological polar surface area (TPSA) is 56.0 Å². The number of hydrogen-bond donors (Lipinski definition) is 0. The fourth-order valence-electron chi connectivity index (χ4n) is 2.19. The Hall–Kier alpha value is -1.98. The first-order valence-corrected chi connectivity index (χ1v) is 8.96. The molecule has 3 rings (SSSR count). The van der Waals surface area contributed by atoms with Crippen molar-refractivity contribution in [3.05, 3.63) is 70.6 Å². The Morgan fingerprint density at radius 2 is 1.96 bits per heavy atom. The van der Waals surface area contributed by atoms with Crippen LogP contribution in [0.4, 0.5) is 0 Å². The van der Waals surface area contributed by atoms with Gasteiger partial charge in [-0.3, -0.25) is 4.21 Å². The number of halogens is 1. The molecule has 0 spiro atoms. The van der Waals surface area contributed by atoms with Crippen LogP contribution >= 0.6 is 11.6 Å².